The van der Waals surface area contributed by atoms with E-state index in [0.29, 0.717) is 5.37 Å². The molecule has 0 amide bonds. The molecule has 2 rings (SSSR count). The van der Waals surface area contributed by atoms with E-state index >= 15 is 0 Å². The van der Waals surface area contributed by atoms with Gasteiger partial charge in [-0.3, -0.25) is 0 Å². The fraction of sp³-hybridized carbons (Fsp3) is 0.333. The van der Waals surface area contributed by atoms with Gasteiger partial charge in [-0.25, -0.2) is 0 Å². The number of hydrogen-bond acceptors (Lipinski definition) is 4. The maximum absolute atomic E-state index is 5.81. The second-order valence-electron chi connectivity index (χ2n) is 3.84. The lowest BCUT2D eigenvalue weighted by Crippen LogP contribution is -2.14. The van der Waals surface area contributed by atoms with Crippen molar-refractivity contribution in [1.29, 1.82) is 0 Å². The largest absolute Gasteiger partial charge is 0.399 e. The first-order valence-corrected chi connectivity index (χ1v) is 7.26. The van der Waals surface area contributed by atoms with Crippen LogP contribution in [-0.2, 0) is 0 Å². The van der Waals surface area contributed by atoms with E-state index in [-0.39, 0.29) is 0 Å². The van der Waals surface area contributed by atoms with Crippen LogP contribution in [0.15, 0.2) is 29.3 Å². The number of benzene rings is 1. The first-order chi connectivity index (χ1) is 7.61. The summed E-state index contributed by atoms with van der Waals surface area (Å²) in [6, 6.07) is 6.13. The summed E-state index contributed by atoms with van der Waals surface area (Å²) in [5.41, 5.74) is 7.93. The minimum absolute atomic E-state index is 0.516. The Hall–Kier alpha value is -0.740. The fourth-order valence-electron chi connectivity index (χ4n) is 1.63. The van der Waals surface area contributed by atoms with Crippen LogP contribution in [0.5, 0.6) is 0 Å². The molecule has 86 valence electrons. The normalized spacial score (nSPS) is 20.1. The summed E-state index contributed by atoms with van der Waals surface area (Å²) in [5, 5.41) is 0.516. The first kappa shape index (κ1) is 11.7. The predicted molar refractivity (Wildman–Crippen MR) is 75.4 cm³/mol. The van der Waals surface area contributed by atoms with Crippen LogP contribution in [0.4, 0.5) is 5.69 Å². The number of thioether (sulfide) groups is 2. The van der Waals surface area contributed by atoms with Crippen molar-refractivity contribution in [2.24, 2.45) is 0 Å². The zero-order valence-electron chi connectivity index (χ0n) is 9.73. The van der Waals surface area contributed by atoms with Crippen molar-refractivity contribution in [2.75, 3.05) is 19.0 Å². The lowest BCUT2D eigenvalue weighted by Gasteiger charge is -2.13. The zero-order chi connectivity index (χ0) is 11.7. The van der Waals surface area contributed by atoms with Crippen LogP contribution in [0, 0.1) is 0 Å². The summed E-state index contributed by atoms with van der Waals surface area (Å²) in [6.07, 6.45) is 4.30. The lowest BCUT2D eigenvalue weighted by molar-refractivity contribution is 0.460. The number of anilines is 1. The summed E-state index contributed by atoms with van der Waals surface area (Å²) in [7, 11) is 2.11. The molecule has 16 heavy (non-hydrogen) atoms. The molecule has 0 saturated heterocycles. The Labute approximate surface area is 105 Å². The van der Waals surface area contributed by atoms with E-state index in [4.69, 9.17) is 5.73 Å². The molecule has 0 aliphatic carbocycles. The molecule has 1 aromatic carbocycles. The van der Waals surface area contributed by atoms with E-state index in [0.717, 1.165) is 5.69 Å². The highest BCUT2D eigenvalue weighted by Gasteiger charge is 2.20. The zero-order valence-corrected chi connectivity index (χ0v) is 11.4. The molecule has 1 aliphatic rings. The van der Waals surface area contributed by atoms with Gasteiger partial charge in [0, 0.05) is 34.3 Å². The Kier molecular flexibility index (Phi) is 3.40. The standard InChI is InChI=1S/C12H16N2S2/c1-8-14(2)7-12(16-8)10-5-4-9(13)6-11(10)15-3/h4-8H,13H2,1-3H3. The minimum atomic E-state index is 0.516. The second-order valence-corrected chi connectivity index (χ2v) is 6.04. The van der Waals surface area contributed by atoms with Crippen LogP contribution in [0.3, 0.4) is 0 Å². The molecule has 0 saturated carbocycles. The monoisotopic (exact) mass is 252 g/mol. The van der Waals surface area contributed by atoms with Crippen LogP contribution in [0.1, 0.15) is 12.5 Å². The van der Waals surface area contributed by atoms with E-state index in [1.165, 1.54) is 15.4 Å². The molecule has 1 aromatic rings. The van der Waals surface area contributed by atoms with Crippen LogP contribution in [-0.4, -0.2) is 23.6 Å². The van der Waals surface area contributed by atoms with Crippen molar-refractivity contribution in [3.8, 4) is 0 Å². The molecule has 1 heterocycles. The van der Waals surface area contributed by atoms with Gasteiger partial charge in [-0.2, -0.15) is 0 Å². The van der Waals surface area contributed by atoms with E-state index in [1.807, 2.05) is 23.9 Å². The predicted octanol–water partition coefficient (Wildman–Crippen LogP) is 3.31. The highest BCUT2D eigenvalue weighted by molar-refractivity contribution is 8.09. The molecule has 1 atom stereocenters. The Bertz CT molecular complexity index is 429. The molecular formula is C12H16N2S2. The molecule has 4 heteroatoms. The van der Waals surface area contributed by atoms with Gasteiger partial charge in [0.05, 0.1) is 5.37 Å². The molecule has 0 spiro atoms. The molecule has 0 fully saturated rings. The fourth-order valence-corrected chi connectivity index (χ4v) is 3.47. The number of nitrogens with two attached hydrogens (primary N) is 1. The van der Waals surface area contributed by atoms with Crippen molar-refractivity contribution in [3.63, 3.8) is 0 Å². The smallest absolute Gasteiger partial charge is 0.0761 e. The summed E-state index contributed by atoms with van der Waals surface area (Å²) in [4.78, 5) is 4.82. The SMILES string of the molecule is CSc1cc(N)ccc1C1=CN(C)C(C)S1. The Morgan fingerprint density at radius 3 is 2.75 bits per heavy atom. The van der Waals surface area contributed by atoms with E-state index < -0.39 is 0 Å². The average molecular weight is 252 g/mol. The van der Waals surface area contributed by atoms with E-state index in [9.17, 15) is 0 Å². The first-order valence-electron chi connectivity index (χ1n) is 5.16. The van der Waals surface area contributed by atoms with Crippen LogP contribution in [0.2, 0.25) is 0 Å². The molecule has 1 unspecified atom stereocenters. The summed E-state index contributed by atoms with van der Waals surface area (Å²) < 4.78 is 0. The third-order valence-corrected chi connectivity index (χ3v) is 4.71. The minimum Gasteiger partial charge on any atom is -0.399 e. The maximum Gasteiger partial charge on any atom is 0.0761 e. The number of nitrogen functional groups attached to an aromatic ring is 1. The van der Waals surface area contributed by atoms with Crippen molar-refractivity contribution < 1.29 is 0 Å². The Balaban J connectivity index is 2.38. The summed E-state index contributed by atoms with van der Waals surface area (Å²) in [5.74, 6) is 0. The maximum atomic E-state index is 5.81. The lowest BCUT2D eigenvalue weighted by atomic mass is 10.2. The van der Waals surface area contributed by atoms with Gasteiger partial charge in [0.1, 0.15) is 0 Å². The van der Waals surface area contributed by atoms with Gasteiger partial charge in [0.15, 0.2) is 0 Å². The highest BCUT2D eigenvalue weighted by Crippen LogP contribution is 2.41. The van der Waals surface area contributed by atoms with Crippen LogP contribution < -0.4 is 5.73 Å². The number of rotatable bonds is 2. The van der Waals surface area contributed by atoms with Crippen molar-refractivity contribution >= 4 is 34.1 Å². The van der Waals surface area contributed by atoms with Gasteiger partial charge in [-0.15, -0.1) is 11.8 Å². The molecular weight excluding hydrogens is 236 g/mol. The average Bonchev–Trinajstić information content (AvgIpc) is 2.59. The van der Waals surface area contributed by atoms with Crippen molar-refractivity contribution in [1.82, 2.24) is 4.90 Å². The van der Waals surface area contributed by atoms with Gasteiger partial charge in [0.25, 0.3) is 0 Å². The number of nitrogens with zero attached hydrogens (tertiary/aromatic N) is 1. The molecule has 0 bridgehead atoms. The third-order valence-electron chi connectivity index (χ3n) is 2.68. The van der Waals surface area contributed by atoms with E-state index in [1.54, 1.807) is 11.8 Å². The van der Waals surface area contributed by atoms with Crippen molar-refractivity contribution in [3.05, 3.63) is 30.0 Å². The Morgan fingerprint density at radius 1 is 1.44 bits per heavy atom. The molecule has 0 aromatic heterocycles. The topological polar surface area (TPSA) is 29.3 Å². The summed E-state index contributed by atoms with van der Waals surface area (Å²) >= 11 is 3.64. The summed E-state index contributed by atoms with van der Waals surface area (Å²) in [6.45, 7) is 2.21. The highest BCUT2D eigenvalue weighted by atomic mass is 32.2. The van der Waals surface area contributed by atoms with Crippen LogP contribution >= 0.6 is 23.5 Å². The van der Waals surface area contributed by atoms with E-state index in [2.05, 4.69) is 37.4 Å². The van der Waals surface area contributed by atoms with Crippen molar-refractivity contribution in [2.45, 2.75) is 17.2 Å². The molecule has 2 N–H and O–H groups in total. The van der Waals surface area contributed by atoms with Gasteiger partial charge >= 0.3 is 0 Å². The Morgan fingerprint density at radius 2 is 2.19 bits per heavy atom. The molecule has 1 aliphatic heterocycles. The van der Waals surface area contributed by atoms with Gasteiger partial charge < -0.3 is 10.6 Å². The van der Waals surface area contributed by atoms with Gasteiger partial charge in [-0.1, -0.05) is 17.8 Å². The third kappa shape index (κ3) is 2.18. The second kappa shape index (κ2) is 4.63. The van der Waals surface area contributed by atoms with Gasteiger partial charge in [0.2, 0.25) is 0 Å². The number of hydrogen-bond donors (Lipinski definition) is 1. The quantitative estimate of drug-likeness (QED) is 0.646. The van der Waals surface area contributed by atoms with Crippen LogP contribution in [0.25, 0.3) is 4.91 Å². The van der Waals surface area contributed by atoms with Gasteiger partial charge in [-0.05, 0) is 25.3 Å². The molecule has 0 radical (unpaired) electrons. The molecule has 2 nitrogen and oxygen atoms in total.